The minimum atomic E-state index is 0.903. The van der Waals surface area contributed by atoms with Gasteiger partial charge in [0.05, 0.1) is 7.11 Å². The first-order valence-electron chi connectivity index (χ1n) is 14.3. The van der Waals surface area contributed by atoms with E-state index in [9.17, 15) is 0 Å². The van der Waals surface area contributed by atoms with Gasteiger partial charge in [0.15, 0.2) is 0 Å². The average molecular weight is 521 g/mol. The molecule has 0 heterocycles. The summed E-state index contributed by atoms with van der Waals surface area (Å²) < 4.78 is 5.92. The molecule has 0 aliphatic heterocycles. The maximum atomic E-state index is 5.92. The number of hydrogen-bond acceptors (Lipinski definition) is 1. The van der Waals surface area contributed by atoms with Gasteiger partial charge in [0.25, 0.3) is 0 Å². The topological polar surface area (TPSA) is 9.23 Å². The van der Waals surface area contributed by atoms with Gasteiger partial charge < -0.3 is 4.74 Å². The Morgan fingerprint density at radius 1 is 0.366 bits per heavy atom. The van der Waals surface area contributed by atoms with E-state index in [1.165, 1.54) is 103 Å². The second-order valence-corrected chi connectivity index (χ2v) is 11.8. The summed E-state index contributed by atoms with van der Waals surface area (Å²) in [5.74, 6) is 0.903. The van der Waals surface area contributed by atoms with Crippen LogP contribution in [0.25, 0.3) is 97.0 Å². The molecule has 190 valence electrons. The lowest BCUT2D eigenvalue weighted by molar-refractivity contribution is 0.416. The van der Waals surface area contributed by atoms with E-state index in [1.54, 1.807) is 7.11 Å². The third-order valence-electron chi connectivity index (χ3n) is 9.55. The molecule has 0 N–H and O–H groups in total. The van der Waals surface area contributed by atoms with Crippen molar-refractivity contribution in [3.63, 3.8) is 0 Å². The van der Waals surface area contributed by atoms with E-state index in [-0.39, 0.29) is 0 Å². The lowest BCUT2D eigenvalue weighted by Crippen LogP contribution is -1.86. The van der Waals surface area contributed by atoms with E-state index in [0.29, 0.717) is 0 Å². The minimum Gasteiger partial charge on any atom is -0.497 e. The largest absolute Gasteiger partial charge is 0.497 e. The predicted octanol–water partition coefficient (Wildman–Crippen LogP) is 11.3. The normalized spacial score (nSPS) is 12.6. The van der Waals surface area contributed by atoms with Crippen LogP contribution in [0.15, 0.2) is 109 Å². The Bertz CT molecular complexity index is 2730. The van der Waals surface area contributed by atoms with Crippen LogP contribution in [0.1, 0.15) is 5.56 Å². The van der Waals surface area contributed by atoms with Gasteiger partial charge in [-0.3, -0.25) is 0 Å². The number of fused-ring (bicyclic) bond motifs is 11. The highest BCUT2D eigenvalue weighted by Crippen LogP contribution is 2.49. The van der Waals surface area contributed by atoms with Gasteiger partial charge in [-0.05, 0) is 158 Å². The molecule has 1 nitrogen and oxygen atoms in total. The zero-order valence-corrected chi connectivity index (χ0v) is 22.8. The highest BCUT2D eigenvalue weighted by Gasteiger charge is 2.21. The van der Waals surface area contributed by atoms with E-state index in [0.717, 1.165) is 5.75 Å². The zero-order chi connectivity index (χ0) is 27.0. The van der Waals surface area contributed by atoms with Crippen molar-refractivity contribution < 1.29 is 4.74 Å². The Morgan fingerprint density at radius 2 is 0.683 bits per heavy atom. The Morgan fingerprint density at radius 3 is 1.05 bits per heavy atom. The van der Waals surface area contributed by atoms with Gasteiger partial charge in [0.2, 0.25) is 0 Å². The van der Waals surface area contributed by atoms with Gasteiger partial charge in [0.1, 0.15) is 5.75 Å². The molecule has 0 aliphatic carbocycles. The van der Waals surface area contributed by atoms with Crippen molar-refractivity contribution in [2.24, 2.45) is 0 Å². The Balaban J connectivity index is 1.50. The van der Waals surface area contributed by atoms with E-state index < -0.39 is 0 Å². The summed E-state index contributed by atoms with van der Waals surface area (Å²) in [5.41, 5.74) is 1.29. The lowest BCUT2D eigenvalue weighted by atomic mass is 9.92. The van der Waals surface area contributed by atoms with Crippen molar-refractivity contribution in [1.82, 2.24) is 0 Å². The summed E-state index contributed by atoms with van der Waals surface area (Å²) in [6, 6.07) is 41.1. The van der Waals surface area contributed by atoms with Crippen LogP contribution in [-0.4, -0.2) is 7.11 Å². The Hall–Kier alpha value is -5.14. The standard InChI is InChI=1S/C40H24O/c1-21-11-33-27-13-22-7-3-5-9-24(22)15-29(27)37-20-32-31(34(12-21)39(33)37)19-38-30-16-25-10-6-4-8-23(25)14-28(30)35-17-26(41-2)18-36(32)40(35)38/h3-20H,1-2H3. The summed E-state index contributed by atoms with van der Waals surface area (Å²) in [6.45, 7) is 2.23. The van der Waals surface area contributed by atoms with Crippen molar-refractivity contribution in [2.45, 2.75) is 6.92 Å². The molecule has 0 fully saturated rings. The first-order valence-corrected chi connectivity index (χ1v) is 14.3. The molecule has 0 saturated carbocycles. The summed E-state index contributed by atoms with van der Waals surface area (Å²) in [4.78, 5) is 0. The molecule has 1 heteroatoms. The van der Waals surface area contributed by atoms with Gasteiger partial charge in [-0.15, -0.1) is 0 Å². The molecule has 41 heavy (non-hydrogen) atoms. The molecule has 10 rings (SSSR count). The van der Waals surface area contributed by atoms with Gasteiger partial charge in [-0.25, -0.2) is 0 Å². The van der Waals surface area contributed by atoms with Crippen LogP contribution >= 0.6 is 0 Å². The number of rotatable bonds is 1. The molecular formula is C40H24O. The van der Waals surface area contributed by atoms with E-state index in [4.69, 9.17) is 4.74 Å². The Kier molecular flexibility index (Phi) is 3.87. The van der Waals surface area contributed by atoms with Crippen molar-refractivity contribution in [2.75, 3.05) is 7.11 Å². The molecular weight excluding hydrogens is 496 g/mol. The average Bonchev–Trinajstić information content (AvgIpc) is 3.47. The maximum absolute atomic E-state index is 5.92. The van der Waals surface area contributed by atoms with Gasteiger partial charge in [-0.1, -0.05) is 60.7 Å². The molecule has 10 aromatic rings. The molecule has 0 bridgehead atoms. The molecule has 10 aromatic carbocycles. The third-order valence-corrected chi connectivity index (χ3v) is 9.55. The fourth-order valence-electron chi connectivity index (χ4n) is 7.78. The first-order chi connectivity index (χ1) is 20.2. The fraction of sp³-hybridized carbons (Fsp3) is 0.0500. The van der Waals surface area contributed by atoms with Crippen LogP contribution in [-0.2, 0) is 0 Å². The van der Waals surface area contributed by atoms with Gasteiger partial charge in [0, 0.05) is 0 Å². The molecule has 0 amide bonds. The van der Waals surface area contributed by atoms with Crippen LogP contribution in [0.5, 0.6) is 5.75 Å². The first kappa shape index (κ1) is 21.7. The number of methoxy groups -OCH3 is 1. The molecule has 0 aromatic heterocycles. The quantitative estimate of drug-likeness (QED) is 0.196. The van der Waals surface area contributed by atoms with Crippen molar-refractivity contribution >= 4 is 97.0 Å². The second-order valence-electron chi connectivity index (χ2n) is 11.8. The number of benzene rings is 8. The third kappa shape index (κ3) is 2.66. The maximum Gasteiger partial charge on any atom is 0.120 e. The van der Waals surface area contributed by atoms with Crippen molar-refractivity contribution in [3.05, 3.63) is 115 Å². The highest BCUT2D eigenvalue weighted by atomic mass is 16.5. The van der Waals surface area contributed by atoms with E-state index in [1.807, 2.05) is 0 Å². The van der Waals surface area contributed by atoms with Crippen LogP contribution in [0.2, 0.25) is 0 Å². The summed E-state index contributed by atoms with van der Waals surface area (Å²) in [5, 5.41) is 23.6. The number of aryl methyl sites for hydroxylation is 1. The Labute approximate surface area is 235 Å². The minimum absolute atomic E-state index is 0.903. The molecule has 0 spiro atoms. The summed E-state index contributed by atoms with van der Waals surface area (Å²) in [7, 11) is 1.78. The molecule has 0 unspecified atom stereocenters. The second kappa shape index (κ2) is 7.33. The SMILES string of the molecule is COc1cc2c3cc4ccccc4cc3c3cc4c(cc5c6cc7ccccc7cc6c6cc(C)cc4c65)c(c1)c23. The van der Waals surface area contributed by atoms with Gasteiger partial charge >= 0.3 is 0 Å². The number of ether oxygens (including phenoxy) is 1. The summed E-state index contributed by atoms with van der Waals surface area (Å²) in [6.07, 6.45) is 0. The van der Waals surface area contributed by atoms with Gasteiger partial charge in [-0.2, -0.15) is 0 Å². The number of hydrogen-bond donors (Lipinski definition) is 0. The molecule has 0 atom stereocenters. The van der Waals surface area contributed by atoms with Crippen LogP contribution in [0.3, 0.4) is 0 Å². The van der Waals surface area contributed by atoms with Crippen LogP contribution in [0.4, 0.5) is 0 Å². The van der Waals surface area contributed by atoms with Crippen molar-refractivity contribution in [1.29, 1.82) is 0 Å². The molecule has 0 radical (unpaired) electrons. The highest BCUT2D eigenvalue weighted by molar-refractivity contribution is 6.42. The molecule has 0 aliphatic rings. The fourth-order valence-corrected chi connectivity index (χ4v) is 7.78. The van der Waals surface area contributed by atoms with Crippen molar-refractivity contribution in [3.8, 4) is 5.75 Å². The van der Waals surface area contributed by atoms with E-state index >= 15 is 0 Å². The monoisotopic (exact) mass is 520 g/mol. The van der Waals surface area contributed by atoms with Crippen LogP contribution in [0, 0.1) is 6.92 Å². The smallest absolute Gasteiger partial charge is 0.120 e. The predicted molar refractivity (Wildman–Crippen MR) is 178 cm³/mol. The van der Waals surface area contributed by atoms with E-state index in [2.05, 4.69) is 116 Å². The zero-order valence-electron chi connectivity index (χ0n) is 22.8. The van der Waals surface area contributed by atoms with Crippen LogP contribution < -0.4 is 4.74 Å². The molecule has 0 saturated heterocycles. The lowest BCUT2D eigenvalue weighted by Gasteiger charge is -2.12. The summed E-state index contributed by atoms with van der Waals surface area (Å²) >= 11 is 0.